The van der Waals surface area contributed by atoms with Gasteiger partial charge in [-0.1, -0.05) is 29.8 Å². The van der Waals surface area contributed by atoms with Gasteiger partial charge in [-0.05, 0) is 49.2 Å². The van der Waals surface area contributed by atoms with Crippen LogP contribution in [0.2, 0.25) is 5.02 Å². The highest BCUT2D eigenvalue weighted by Gasteiger charge is 2.32. The topological polar surface area (TPSA) is 38.8 Å². The number of carbonyl (C=O) groups excluding carboxylic acids is 1. The molecule has 0 unspecified atom stereocenters. The summed E-state index contributed by atoms with van der Waals surface area (Å²) < 4.78 is 34.4. The molecule has 146 valence electrons. The maximum absolute atomic E-state index is 13.0. The van der Waals surface area contributed by atoms with Gasteiger partial charge in [0.2, 0.25) is 5.91 Å². The van der Waals surface area contributed by atoms with E-state index >= 15 is 0 Å². The molecule has 2 aromatic rings. The Balaban J connectivity index is 2.17. The highest BCUT2D eigenvalue weighted by Crippen LogP contribution is 2.31. The lowest BCUT2D eigenvalue weighted by Crippen LogP contribution is -2.41. The predicted octanol–water partition coefficient (Wildman–Crippen LogP) is 4.89. The number of benzene rings is 2. The lowest BCUT2D eigenvalue weighted by Gasteiger charge is -2.30. The van der Waals surface area contributed by atoms with Gasteiger partial charge in [-0.25, -0.2) is 0 Å². The Morgan fingerprint density at radius 2 is 1.78 bits per heavy atom. The Labute approximate surface area is 162 Å². The molecule has 0 aliphatic carbocycles. The van der Waals surface area contributed by atoms with Crippen molar-refractivity contribution < 1.29 is 23.0 Å². The zero-order chi connectivity index (χ0) is 20.2. The molecule has 0 bridgehead atoms. The molecule has 7 heteroatoms. The van der Waals surface area contributed by atoms with Gasteiger partial charge >= 0.3 is 6.61 Å². The number of ether oxygens (including phenoxy) is 2. The van der Waals surface area contributed by atoms with E-state index in [2.05, 4.69) is 4.74 Å². The third-order valence-electron chi connectivity index (χ3n) is 4.31. The number of likely N-dealkylation sites (N-methyl/N-ethyl adjacent to an activating group) is 1. The Bertz CT molecular complexity index is 794. The zero-order valence-corrected chi connectivity index (χ0v) is 16.4. The van der Waals surface area contributed by atoms with Crippen molar-refractivity contribution in [1.29, 1.82) is 0 Å². The zero-order valence-electron chi connectivity index (χ0n) is 15.6. The fourth-order valence-corrected chi connectivity index (χ4v) is 2.94. The number of alkyl halides is 2. The van der Waals surface area contributed by atoms with Gasteiger partial charge in [-0.15, -0.1) is 0 Å². The predicted molar refractivity (Wildman–Crippen MR) is 101 cm³/mol. The number of carbonyl (C=O) groups is 1. The first-order valence-corrected chi connectivity index (χ1v) is 8.66. The first kappa shape index (κ1) is 21.0. The van der Waals surface area contributed by atoms with Gasteiger partial charge in [-0.3, -0.25) is 4.79 Å². The summed E-state index contributed by atoms with van der Waals surface area (Å²) in [6.07, 6.45) is 0. The van der Waals surface area contributed by atoms with Crippen molar-refractivity contribution in [2.24, 2.45) is 0 Å². The summed E-state index contributed by atoms with van der Waals surface area (Å²) >= 11 is 5.92. The van der Waals surface area contributed by atoms with Gasteiger partial charge in [0.15, 0.2) is 11.5 Å². The third-order valence-corrected chi connectivity index (χ3v) is 4.56. The molecule has 0 saturated carbocycles. The smallest absolute Gasteiger partial charge is 0.387 e. The number of amides is 1. The summed E-state index contributed by atoms with van der Waals surface area (Å²) in [5.74, 6) is 0.0500. The standard InChI is InChI=1S/C20H22ClF2NO3/c1-20(2,14-6-8-15(21)9-7-14)18(25)24(3)12-13-5-10-16(27-19(22)23)17(11-13)26-4/h5-11,19H,12H2,1-4H3. The van der Waals surface area contributed by atoms with Crippen LogP contribution in [0.15, 0.2) is 42.5 Å². The van der Waals surface area contributed by atoms with Crippen molar-refractivity contribution in [3.8, 4) is 11.5 Å². The first-order chi connectivity index (χ1) is 12.6. The summed E-state index contributed by atoms with van der Waals surface area (Å²) in [5.41, 5.74) is 0.834. The van der Waals surface area contributed by atoms with Gasteiger partial charge in [0.25, 0.3) is 0 Å². The van der Waals surface area contributed by atoms with Crippen molar-refractivity contribution in [3.63, 3.8) is 0 Å². The first-order valence-electron chi connectivity index (χ1n) is 8.28. The Morgan fingerprint density at radius 3 is 2.33 bits per heavy atom. The van der Waals surface area contributed by atoms with Crippen LogP contribution in [-0.2, 0) is 16.8 Å². The third kappa shape index (κ3) is 5.10. The molecule has 0 radical (unpaired) electrons. The molecule has 0 saturated heterocycles. The monoisotopic (exact) mass is 397 g/mol. The molecule has 27 heavy (non-hydrogen) atoms. The van der Waals surface area contributed by atoms with E-state index in [9.17, 15) is 13.6 Å². The number of halogens is 3. The molecule has 0 fully saturated rings. The van der Waals surface area contributed by atoms with E-state index in [-0.39, 0.29) is 17.4 Å². The van der Waals surface area contributed by atoms with E-state index in [1.54, 1.807) is 36.2 Å². The molecule has 4 nitrogen and oxygen atoms in total. The van der Waals surface area contributed by atoms with Gasteiger partial charge in [-0.2, -0.15) is 8.78 Å². The van der Waals surface area contributed by atoms with E-state index < -0.39 is 12.0 Å². The lowest BCUT2D eigenvalue weighted by atomic mass is 9.83. The Morgan fingerprint density at radius 1 is 1.15 bits per heavy atom. The van der Waals surface area contributed by atoms with Gasteiger partial charge in [0.1, 0.15) is 0 Å². The lowest BCUT2D eigenvalue weighted by molar-refractivity contribution is -0.135. The second-order valence-electron chi connectivity index (χ2n) is 6.66. The molecule has 2 aromatic carbocycles. The Kier molecular flexibility index (Phi) is 6.65. The Hall–Kier alpha value is -2.34. The van der Waals surface area contributed by atoms with Crippen molar-refractivity contribution in [2.45, 2.75) is 32.4 Å². The molecule has 0 spiro atoms. The fraction of sp³-hybridized carbons (Fsp3) is 0.350. The molecule has 1 amide bonds. The minimum atomic E-state index is -2.94. The molecule has 0 aromatic heterocycles. The maximum Gasteiger partial charge on any atom is 0.387 e. The van der Waals surface area contributed by atoms with E-state index in [1.807, 2.05) is 26.0 Å². The average Bonchev–Trinajstić information content (AvgIpc) is 2.62. The van der Waals surface area contributed by atoms with Crippen molar-refractivity contribution in [2.75, 3.05) is 14.2 Å². The molecule has 2 rings (SSSR count). The van der Waals surface area contributed by atoms with E-state index in [4.69, 9.17) is 16.3 Å². The van der Waals surface area contributed by atoms with Crippen molar-refractivity contribution in [3.05, 3.63) is 58.6 Å². The molecule has 0 aliphatic rings. The summed E-state index contributed by atoms with van der Waals surface area (Å²) in [6.45, 7) is 1.04. The largest absolute Gasteiger partial charge is 0.493 e. The number of nitrogens with zero attached hydrogens (tertiary/aromatic N) is 1. The van der Waals surface area contributed by atoms with Crippen LogP contribution in [0.3, 0.4) is 0 Å². The minimum absolute atomic E-state index is 0.0493. The van der Waals surface area contributed by atoms with E-state index in [0.717, 1.165) is 11.1 Å². The molecule has 0 heterocycles. The maximum atomic E-state index is 13.0. The number of rotatable bonds is 7. The van der Waals surface area contributed by atoms with E-state index in [1.165, 1.54) is 13.2 Å². The SMILES string of the molecule is COc1cc(CN(C)C(=O)C(C)(C)c2ccc(Cl)cc2)ccc1OC(F)F. The average molecular weight is 398 g/mol. The molecular formula is C20H22ClF2NO3. The highest BCUT2D eigenvalue weighted by atomic mass is 35.5. The van der Waals surface area contributed by atoms with Crippen LogP contribution in [0.4, 0.5) is 8.78 Å². The van der Waals surface area contributed by atoms with Crippen LogP contribution < -0.4 is 9.47 Å². The van der Waals surface area contributed by atoms with Crippen LogP contribution in [0.5, 0.6) is 11.5 Å². The number of methoxy groups -OCH3 is 1. The molecule has 0 aliphatic heterocycles. The van der Waals surface area contributed by atoms with Crippen LogP contribution >= 0.6 is 11.6 Å². The minimum Gasteiger partial charge on any atom is -0.493 e. The second kappa shape index (κ2) is 8.57. The number of hydrogen-bond donors (Lipinski definition) is 0. The summed E-state index contributed by atoms with van der Waals surface area (Å²) in [7, 11) is 3.06. The normalized spacial score (nSPS) is 11.4. The highest BCUT2D eigenvalue weighted by molar-refractivity contribution is 6.30. The van der Waals surface area contributed by atoms with Crippen LogP contribution in [0, 0.1) is 0 Å². The van der Waals surface area contributed by atoms with Crippen LogP contribution in [0.1, 0.15) is 25.0 Å². The van der Waals surface area contributed by atoms with Gasteiger partial charge in [0, 0.05) is 18.6 Å². The molecular weight excluding hydrogens is 376 g/mol. The number of hydrogen-bond acceptors (Lipinski definition) is 3. The van der Waals surface area contributed by atoms with Gasteiger partial charge < -0.3 is 14.4 Å². The summed E-state index contributed by atoms with van der Waals surface area (Å²) in [5, 5.41) is 0.605. The summed E-state index contributed by atoms with van der Waals surface area (Å²) in [6, 6.07) is 11.8. The van der Waals surface area contributed by atoms with E-state index in [0.29, 0.717) is 11.6 Å². The van der Waals surface area contributed by atoms with Crippen molar-refractivity contribution >= 4 is 17.5 Å². The fourth-order valence-electron chi connectivity index (χ4n) is 2.82. The molecule has 0 atom stereocenters. The van der Waals surface area contributed by atoms with Gasteiger partial charge in [0.05, 0.1) is 12.5 Å². The summed E-state index contributed by atoms with van der Waals surface area (Å²) in [4.78, 5) is 14.5. The van der Waals surface area contributed by atoms with Crippen LogP contribution in [-0.4, -0.2) is 31.6 Å². The van der Waals surface area contributed by atoms with Crippen LogP contribution in [0.25, 0.3) is 0 Å². The second-order valence-corrected chi connectivity index (χ2v) is 7.09. The molecule has 0 N–H and O–H groups in total. The quantitative estimate of drug-likeness (QED) is 0.668. The van der Waals surface area contributed by atoms with Crippen molar-refractivity contribution in [1.82, 2.24) is 4.90 Å².